The zero-order valence-corrected chi connectivity index (χ0v) is 12.5. The quantitative estimate of drug-likeness (QED) is 0.667. The molecule has 5 heteroatoms. The molecule has 0 bridgehead atoms. The van der Waals surface area contributed by atoms with Gasteiger partial charge < -0.3 is 10.6 Å². The number of hydrogen-bond acceptors (Lipinski definition) is 3. The first kappa shape index (κ1) is 15.2. The molecule has 0 radical (unpaired) electrons. The molecule has 1 aromatic carbocycles. The van der Waals surface area contributed by atoms with E-state index < -0.39 is 0 Å². The van der Waals surface area contributed by atoms with E-state index >= 15 is 0 Å². The number of nitrogen functional groups attached to an aromatic ring is 1. The Morgan fingerprint density at radius 3 is 2.61 bits per heavy atom. The molecule has 0 aliphatic carbocycles. The smallest absolute Gasteiger partial charge is 0.235 e. The molecule has 0 heterocycles. The molecule has 18 heavy (non-hydrogen) atoms. The number of nitrogens with two attached hydrogens (primary N) is 1. The Kier molecular flexibility index (Phi) is 5.82. The van der Waals surface area contributed by atoms with Gasteiger partial charge in [-0.3, -0.25) is 4.79 Å². The summed E-state index contributed by atoms with van der Waals surface area (Å²) in [6.07, 6.45) is 0. The maximum absolute atomic E-state index is 12.1. The summed E-state index contributed by atoms with van der Waals surface area (Å²) in [7, 11) is 0. The largest absolute Gasteiger partial charge is 0.399 e. The molecule has 0 aliphatic heterocycles. The minimum absolute atomic E-state index is 0.128. The number of carbonyl (C=O) groups excluding carboxylic acids is 1. The van der Waals surface area contributed by atoms with Crippen LogP contribution in [0.25, 0.3) is 0 Å². The molecule has 0 spiro atoms. The van der Waals surface area contributed by atoms with Crippen molar-refractivity contribution in [3.63, 3.8) is 0 Å². The number of halogens is 1. The van der Waals surface area contributed by atoms with E-state index in [1.54, 1.807) is 18.2 Å². The standard InChI is InChI=1S/C13H19ClN2OS/c1-4-16(5-2)13(17)9(3)18-12-8-10(15)6-7-11(12)14/h6-9H,4-5,15H2,1-3H3. The average molecular weight is 287 g/mol. The summed E-state index contributed by atoms with van der Waals surface area (Å²) < 4.78 is 0. The molecule has 0 fully saturated rings. The highest BCUT2D eigenvalue weighted by Crippen LogP contribution is 2.32. The van der Waals surface area contributed by atoms with Gasteiger partial charge in [-0.1, -0.05) is 11.6 Å². The third-order valence-corrected chi connectivity index (χ3v) is 4.27. The van der Waals surface area contributed by atoms with Crippen LogP contribution in [0.2, 0.25) is 5.02 Å². The summed E-state index contributed by atoms with van der Waals surface area (Å²) in [6, 6.07) is 5.32. The number of thioether (sulfide) groups is 1. The zero-order chi connectivity index (χ0) is 13.7. The molecule has 100 valence electrons. The summed E-state index contributed by atoms with van der Waals surface area (Å²) in [5.41, 5.74) is 6.38. The Balaban J connectivity index is 2.77. The van der Waals surface area contributed by atoms with Crippen LogP contribution >= 0.6 is 23.4 Å². The molecule has 1 aromatic rings. The summed E-state index contributed by atoms with van der Waals surface area (Å²) in [6.45, 7) is 7.30. The summed E-state index contributed by atoms with van der Waals surface area (Å²) >= 11 is 7.54. The molecule has 0 saturated carbocycles. The lowest BCUT2D eigenvalue weighted by Crippen LogP contribution is -2.36. The number of anilines is 1. The maximum atomic E-state index is 12.1. The fraction of sp³-hybridized carbons (Fsp3) is 0.462. The van der Waals surface area contributed by atoms with Crippen LogP contribution in [0, 0.1) is 0 Å². The van der Waals surface area contributed by atoms with Crippen molar-refractivity contribution in [2.75, 3.05) is 18.8 Å². The normalized spacial score (nSPS) is 12.2. The van der Waals surface area contributed by atoms with Crippen LogP contribution in [-0.4, -0.2) is 29.1 Å². The van der Waals surface area contributed by atoms with Gasteiger partial charge in [0.15, 0.2) is 0 Å². The second kappa shape index (κ2) is 6.90. The second-order valence-electron chi connectivity index (χ2n) is 3.96. The number of benzene rings is 1. The van der Waals surface area contributed by atoms with E-state index in [9.17, 15) is 4.79 Å². The van der Waals surface area contributed by atoms with Crippen molar-refractivity contribution in [1.82, 2.24) is 4.90 Å². The van der Waals surface area contributed by atoms with E-state index in [1.807, 2.05) is 25.7 Å². The van der Waals surface area contributed by atoms with E-state index in [1.165, 1.54) is 11.8 Å². The minimum atomic E-state index is -0.163. The van der Waals surface area contributed by atoms with Gasteiger partial charge in [0, 0.05) is 23.7 Å². The van der Waals surface area contributed by atoms with Gasteiger partial charge in [0.2, 0.25) is 5.91 Å². The van der Waals surface area contributed by atoms with Gasteiger partial charge in [-0.2, -0.15) is 0 Å². The van der Waals surface area contributed by atoms with Crippen molar-refractivity contribution in [3.8, 4) is 0 Å². The molecular formula is C13H19ClN2OS. The molecule has 0 aliphatic rings. The predicted molar refractivity (Wildman–Crippen MR) is 79.1 cm³/mol. The van der Waals surface area contributed by atoms with Crippen LogP contribution in [-0.2, 0) is 4.79 Å². The van der Waals surface area contributed by atoms with Gasteiger partial charge in [-0.15, -0.1) is 11.8 Å². The average Bonchev–Trinajstić information content (AvgIpc) is 2.35. The van der Waals surface area contributed by atoms with E-state index in [0.717, 1.165) is 18.0 Å². The Labute approximate surface area is 118 Å². The third-order valence-electron chi connectivity index (χ3n) is 2.68. The van der Waals surface area contributed by atoms with E-state index in [-0.39, 0.29) is 11.2 Å². The number of amides is 1. The molecule has 0 saturated heterocycles. The van der Waals surface area contributed by atoms with Gasteiger partial charge >= 0.3 is 0 Å². The monoisotopic (exact) mass is 286 g/mol. The van der Waals surface area contributed by atoms with Crippen LogP contribution < -0.4 is 5.73 Å². The van der Waals surface area contributed by atoms with Crippen molar-refractivity contribution < 1.29 is 4.79 Å². The fourth-order valence-electron chi connectivity index (χ4n) is 1.64. The van der Waals surface area contributed by atoms with Gasteiger partial charge in [0.05, 0.1) is 10.3 Å². The molecule has 0 aromatic heterocycles. The Hall–Kier alpha value is -0.870. The summed E-state index contributed by atoms with van der Waals surface area (Å²) in [5.74, 6) is 0.128. The van der Waals surface area contributed by atoms with Crippen molar-refractivity contribution in [2.24, 2.45) is 0 Å². The van der Waals surface area contributed by atoms with Gasteiger partial charge in [0.25, 0.3) is 0 Å². The highest BCUT2D eigenvalue weighted by molar-refractivity contribution is 8.00. The Bertz CT molecular complexity index is 421. The van der Waals surface area contributed by atoms with Crippen molar-refractivity contribution >= 4 is 35.0 Å². The van der Waals surface area contributed by atoms with Gasteiger partial charge in [-0.25, -0.2) is 0 Å². The lowest BCUT2D eigenvalue weighted by Gasteiger charge is -2.22. The third kappa shape index (κ3) is 3.82. The van der Waals surface area contributed by atoms with E-state index in [2.05, 4.69) is 0 Å². The van der Waals surface area contributed by atoms with Gasteiger partial charge in [-0.05, 0) is 39.0 Å². The summed E-state index contributed by atoms with van der Waals surface area (Å²) in [4.78, 5) is 14.8. The van der Waals surface area contributed by atoms with Crippen LogP contribution in [0.4, 0.5) is 5.69 Å². The number of hydrogen-bond donors (Lipinski definition) is 1. The van der Waals surface area contributed by atoms with Crippen LogP contribution in [0.5, 0.6) is 0 Å². The first-order valence-electron chi connectivity index (χ1n) is 6.00. The van der Waals surface area contributed by atoms with Crippen LogP contribution in [0.15, 0.2) is 23.1 Å². The molecule has 2 N–H and O–H groups in total. The van der Waals surface area contributed by atoms with Crippen molar-refractivity contribution in [1.29, 1.82) is 0 Å². The first-order valence-corrected chi connectivity index (χ1v) is 7.25. The number of nitrogens with zero attached hydrogens (tertiary/aromatic N) is 1. The van der Waals surface area contributed by atoms with Crippen molar-refractivity contribution in [3.05, 3.63) is 23.2 Å². The minimum Gasteiger partial charge on any atom is -0.399 e. The highest BCUT2D eigenvalue weighted by Gasteiger charge is 2.20. The SMILES string of the molecule is CCN(CC)C(=O)C(C)Sc1cc(N)ccc1Cl. The predicted octanol–water partition coefficient (Wildman–Crippen LogP) is 3.27. The van der Waals surface area contributed by atoms with Crippen molar-refractivity contribution in [2.45, 2.75) is 30.9 Å². The topological polar surface area (TPSA) is 46.3 Å². The zero-order valence-electron chi connectivity index (χ0n) is 10.9. The Morgan fingerprint density at radius 2 is 2.06 bits per heavy atom. The Morgan fingerprint density at radius 1 is 1.44 bits per heavy atom. The summed E-state index contributed by atoms with van der Waals surface area (Å²) in [5, 5.41) is 0.470. The van der Waals surface area contributed by atoms with E-state index in [4.69, 9.17) is 17.3 Å². The number of rotatable bonds is 5. The second-order valence-corrected chi connectivity index (χ2v) is 5.75. The maximum Gasteiger partial charge on any atom is 0.235 e. The molecular weight excluding hydrogens is 268 g/mol. The molecule has 1 rings (SSSR count). The first-order chi connectivity index (χ1) is 8.49. The number of carbonyl (C=O) groups is 1. The van der Waals surface area contributed by atoms with Crippen LogP contribution in [0.1, 0.15) is 20.8 Å². The lowest BCUT2D eigenvalue weighted by molar-refractivity contribution is -0.129. The molecule has 1 atom stereocenters. The van der Waals surface area contributed by atoms with Crippen LogP contribution in [0.3, 0.4) is 0 Å². The molecule has 1 amide bonds. The molecule has 1 unspecified atom stereocenters. The molecule has 3 nitrogen and oxygen atoms in total. The lowest BCUT2D eigenvalue weighted by atomic mass is 10.3. The fourth-order valence-corrected chi connectivity index (χ4v) is 2.91. The highest BCUT2D eigenvalue weighted by atomic mass is 35.5. The van der Waals surface area contributed by atoms with E-state index in [0.29, 0.717) is 10.7 Å². The van der Waals surface area contributed by atoms with Gasteiger partial charge in [0.1, 0.15) is 0 Å².